The molecular weight excluding hydrogens is 312 g/mol. The molecule has 0 aliphatic rings. The Balaban J connectivity index is 2.33. The normalized spacial score (nSPS) is 10.7. The average molecular weight is 332 g/mol. The molecule has 1 heterocycles. The summed E-state index contributed by atoms with van der Waals surface area (Å²) in [7, 11) is 1.80. The molecule has 122 valence electrons. The second kappa shape index (κ2) is 6.78. The van der Waals surface area contributed by atoms with Crippen LogP contribution < -0.4 is 16.2 Å². The molecular formula is C16H20N4O2S. The van der Waals surface area contributed by atoms with Crippen molar-refractivity contribution < 1.29 is 4.79 Å². The Kier molecular flexibility index (Phi) is 5.00. The van der Waals surface area contributed by atoms with E-state index >= 15 is 0 Å². The van der Waals surface area contributed by atoms with Crippen molar-refractivity contribution in [3.63, 3.8) is 0 Å². The molecule has 0 saturated heterocycles. The molecule has 0 radical (unpaired) electrons. The smallest absolute Gasteiger partial charge is 0.295 e. The lowest BCUT2D eigenvalue weighted by molar-refractivity contribution is -0.122. The Morgan fingerprint density at radius 1 is 1.22 bits per heavy atom. The molecule has 0 atom stereocenters. The summed E-state index contributed by atoms with van der Waals surface area (Å²) in [5, 5.41) is 5.54. The van der Waals surface area contributed by atoms with Gasteiger partial charge in [0.25, 0.3) is 5.56 Å². The molecule has 1 aromatic carbocycles. The van der Waals surface area contributed by atoms with Gasteiger partial charge in [-0.05, 0) is 31.3 Å². The number of anilines is 1. The number of hydrogen-bond donors (Lipinski definition) is 2. The maximum Gasteiger partial charge on any atom is 0.295 e. The van der Waals surface area contributed by atoms with Crippen LogP contribution in [0.1, 0.15) is 19.5 Å². The number of carbonyl (C=O) groups excluding carboxylic acids is 1. The Hall–Kier alpha value is -2.41. The van der Waals surface area contributed by atoms with Crippen LogP contribution in [0.15, 0.2) is 35.1 Å². The minimum absolute atomic E-state index is 0.120. The zero-order valence-electron chi connectivity index (χ0n) is 13.6. The zero-order chi connectivity index (χ0) is 17.1. The van der Waals surface area contributed by atoms with Crippen molar-refractivity contribution in [1.29, 1.82) is 0 Å². The molecule has 0 aliphatic carbocycles. The fourth-order valence-corrected chi connectivity index (χ4v) is 2.32. The quantitative estimate of drug-likeness (QED) is 0.843. The Morgan fingerprint density at radius 2 is 1.83 bits per heavy atom. The first kappa shape index (κ1) is 17.0. The number of benzene rings is 1. The lowest BCUT2D eigenvalue weighted by Gasteiger charge is -2.10. The number of nitrogens with one attached hydrogen (secondary N) is 2. The summed E-state index contributed by atoms with van der Waals surface area (Å²) < 4.78 is 3.29. The molecule has 2 rings (SSSR count). The van der Waals surface area contributed by atoms with Gasteiger partial charge in [0.2, 0.25) is 5.91 Å². The van der Waals surface area contributed by atoms with Gasteiger partial charge in [0.15, 0.2) is 5.11 Å². The summed E-state index contributed by atoms with van der Waals surface area (Å²) in [6, 6.07) is 9.32. The molecule has 0 saturated carbocycles. The van der Waals surface area contributed by atoms with E-state index in [2.05, 4.69) is 10.6 Å². The predicted molar refractivity (Wildman–Crippen MR) is 94.9 cm³/mol. The van der Waals surface area contributed by atoms with Crippen LogP contribution in [0.25, 0.3) is 5.69 Å². The highest BCUT2D eigenvalue weighted by Gasteiger charge is 2.18. The summed E-state index contributed by atoms with van der Waals surface area (Å²) in [5.41, 5.74) is 1.61. The molecule has 0 spiro atoms. The number of para-hydroxylation sites is 1. The van der Waals surface area contributed by atoms with Gasteiger partial charge in [0.1, 0.15) is 5.69 Å². The molecule has 23 heavy (non-hydrogen) atoms. The predicted octanol–water partition coefficient (Wildman–Crippen LogP) is 1.95. The molecule has 2 N–H and O–H groups in total. The highest BCUT2D eigenvalue weighted by molar-refractivity contribution is 7.80. The van der Waals surface area contributed by atoms with Gasteiger partial charge in [0, 0.05) is 13.0 Å². The van der Waals surface area contributed by atoms with Crippen molar-refractivity contribution in [2.75, 3.05) is 5.32 Å². The SMILES string of the molecule is Cc1c(NC(=S)NC(=O)C(C)C)c(=O)n(-c2ccccc2)n1C. The Morgan fingerprint density at radius 3 is 2.39 bits per heavy atom. The number of carbonyl (C=O) groups is 1. The molecule has 6 nitrogen and oxygen atoms in total. The fourth-order valence-electron chi connectivity index (χ4n) is 2.11. The van der Waals surface area contributed by atoms with Gasteiger partial charge in [-0.25, -0.2) is 4.68 Å². The molecule has 1 amide bonds. The van der Waals surface area contributed by atoms with Crippen LogP contribution in [0.5, 0.6) is 0 Å². The molecule has 1 aromatic heterocycles. The highest BCUT2D eigenvalue weighted by atomic mass is 32.1. The Labute approximate surface area is 140 Å². The Bertz CT molecular complexity index is 790. The topological polar surface area (TPSA) is 68.1 Å². The second-order valence-corrected chi connectivity index (χ2v) is 5.94. The van der Waals surface area contributed by atoms with E-state index in [-0.39, 0.29) is 22.5 Å². The minimum atomic E-state index is -0.225. The van der Waals surface area contributed by atoms with Crippen molar-refractivity contribution in [2.24, 2.45) is 13.0 Å². The van der Waals surface area contributed by atoms with Gasteiger partial charge in [-0.15, -0.1) is 0 Å². The van der Waals surface area contributed by atoms with E-state index in [0.717, 1.165) is 11.4 Å². The molecule has 2 aromatic rings. The first-order valence-electron chi connectivity index (χ1n) is 7.28. The van der Waals surface area contributed by atoms with Gasteiger partial charge in [0.05, 0.1) is 11.4 Å². The van der Waals surface area contributed by atoms with Crippen LogP contribution in [0.3, 0.4) is 0 Å². The fraction of sp³-hybridized carbons (Fsp3) is 0.312. The largest absolute Gasteiger partial charge is 0.326 e. The van der Waals surface area contributed by atoms with E-state index in [1.165, 1.54) is 0 Å². The van der Waals surface area contributed by atoms with Crippen molar-refractivity contribution >= 4 is 28.9 Å². The highest BCUT2D eigenvalue weighted by Crippen LogP contribution is 2.13. The number of rotatable bonds is 3. The second-order valence-electron chi connectivity index (χ2n) is 5.53. The third kappa shape index (κ3) is 3.50. The van der Waals surface area contributed by atoms with Crippen LogP contribution in [0.2, 0.25) is 0 Å². The first-order valence-corrected chi connectivity index (χ1v) is 7.69. The minimum Gasteiger partial charge on any atom is -0.326 e. The van der Waals surface area contributed by atoms with Crippen LogP contribution in [-0.4, -0.2) is 20.4 Å². The average Bonchev–Trinajstić information content (AvgIpc) is 2.72. The van der Waals surface area contributed by atoms with E-state index in [0.29, 0.717) is 5.69 Å². The number of hydrogen-bond acceptors (Lipinski definition) is 3. The summed E-state index contributed by atoms with van der Waals surface area (Å²) in [6.07, 6.45) is 0. The van der Waals surface area contributed by atoms with Gasteiger partial charge in [-0.2, -0.15) is 0 Å². The lowest BCUT2D eigenvalue weighted by Crippen LogP contribution is -2.37. The summed E-state index contributed by atoms with van der Waals surface area (Å²) in [6.45, 7) is 5.36. The molecule has 0 fully saturated rings. The number of amides is 1. The van der Waals surface area contributed by atoms with E-state index in [1.54, 1.807) is 30.3 Å². The van der Waals surface area contributed by atoms with E-state index in [9.17, 15) is 9.59 Å². The number of thiocarbonyl (C=S) groups is 1. The van der Waals surface area contributed by atoms with Crippen LogP contribution in [0.4, 0.5) is 5.69 Å². The number of nitrogens with zero attached hydrogens (tertiary/aromatic N) is 2. The van der Waals surface area contributed by atoms with Crippen molar-refractivity contribution in [2.45, 2.75) is 20.8 Å². The monoisotopic (exact) mass is 332 g/mol. The standard InChI is InChI=1S/C16H20N4O2S/c1-10(2)14(21)18-16(23)17-13-11(3)19(4)20(15(13)22)12-8-6-5-7-9-12/h5-10H,1-4H3,(H2,17,18,21,23). The maximum atomic E-state index is 12.7. The molecule has 0 bridgehead atoms. The third-order valence-electron chi connectivity index (χ3n) is 3.55. The van der Waals surface area contributed by atoms with Crippen LogP contribution in [-0.2, 0) is 11.8 Å². The van der Waals surface area contributed by atoms with Crippen molar-refractivity contribution in [3.05, 3.63) is 46.4 Å². The van der Waals surface area contributed by atoms with Crippen LogP contribution in [0, 0.1) is 12.8 Å². The maximum absolute atomic E-state index is 12.7. The van der Waals surface area contributed by atoms with Crippen molar-refractivity contribution in [1.82, 2.24) is 14.7 Å². The summed E-state index contributed by atoms with van der Waals surface area (Å²) in [5.74, 6) is -0.382. The lowest BCUT2D eigenvalue weighted by atomic mass is 10.2. The van der Waals surface area contributed by atoms with Crippen molar-refractivity contribution in [3.8, 4) is 5.69 Å². The van der Waals surface area contributed by atoms with Gasteiger partial charge >= 0.3 is 0 Å². The van der Waals surface area contributed by atoms with Crippen LogP contribution >= 0.6 is 12.2 Å². The number of aromatic nitrogens is 2. The van der Waals surface area contributed by atoms with Gasteiger partial charge < -0.3 is 10.6 Å². The third-order valence-corrected chi connectivity index (χ3v) is 3.76. The molecule has 0 aliphatic heterocycles. The first-order chi connectivity index (χ1) is 10.8. The zero-order valence-corrected chi connectivity index (χ0v) is 14.4. The molecule has 0 unspecified atom stereocenters. The molecule has 7 heteroatoms. The van der Waals surface area contributed by atoms with Gasteiger partial charge in [-0.3, -0.25) is 14.3 Å². The summed E-state index contributed by atoms with van der Waals surface area (Å²) >= 11 is 5.12. The van der Waals surface area contributed by atoms with E-state index < -0.39 is 0 Å². The summed E-state index contributed by atoms with van der Waals surface area (Å²) in [4.78, 5) is 24.4. The van der Waals surface area contributed by atoms with E-state index in [4.69, 9.17) is 12.2 Å². The van der Waals surface area contributed by atoms with Gasteiger partial charge in [-0.1, -0.05) is 32.0 Å². The van der Waals surface area contributed by atoms with E-state index in [1.807, 2.05) is 37.3 Å².